The Morgan fingerprint density at radius 2 is 1.90 bits per heavy atom. The fourth-order valence-electron chi connectivity index (χ4n) is 3.13. The molecule has 0 spiro atoms. The monoisotopic (exact) mass is 330 g/mol. The lowest BCUT2D eigenvalue weighted by Gasteiger charge is -2.39. The van der Waals surface area contributed by atoms with Crippen molar-refractivity contribution in [2.24, 2.45) is 0 Å². The van der Waals surface area contributed by atoms with E-state index in [1.54, 1.807) is 17.5 Å². The van der Waals surface area contributed by atoms with E-state index in [4.69, 9.17) is 4.74 Å². The quantitative estimate of drug-likeness (QED) is 0.912. The molecule has 21 heavy (non-hydrogen) atoms. The van der Waals surface area contributed by atoms with Crippen molar-refractivity contribution in [3.05, 3.63) is 17.5 Å². The van der Waals surface area contributed by atoms with Gasteiger partial charge in [-0.05, 0) is 50.2 Å². The standard InChI is InChI=1S/C14H22N2O3S2/c17-21(18,14-2-1-11-20-14)15-12-3-7-16(8-4-12)13-5-9-19-10-6-13/h1-2,11-13,15H,3-10H2. The highest BCUT2D eigenvalue weighted by Gasteiger charge is 2.29. The first-order valence-corrected chi connectivity index (χ1v) is 9.89. The van der Waals surface area contributed by atoms with Crippen LogP contribution in [0.2, 0.25) is 0 Å². The molecule has 118 valence electrons. The molecule has 2 aliphatic heterocycles. The molecule has 2 fully saturated rings. The predicted octanol–water partition coefficient (Wildman–Crippen LogP) is 1.67. The summed E-state index contributed by atoms with van der Waals surface area (Å²) in [6.07, 6.45) is 3.99. The number of nitrogens with zero attached hydrogens (tertiary/aromatic N) is 1. The molecule has 2 saturated heterocycles. The van der Waals surface area contributed by atoms with Crippen LogP contribution in [0.5, 0.6) is 0 Å². The van der Waals surface area contributed by atoms with E-state index in [-0.39, 0.29) is 6.04 Å². The van der Waals surface area contributed by atoms with Gasteiger partial charge in [-0.15, -0.1) is 11.3 Å². The van der Waals surface area contributed by atoms with E-state index < -0.39 is 10.0 Å². The highest BCUT2D eigenvalue weighted by Crippen LogP contribution is 2.22. The average Bonchev–Trinajstić information content (AvgIpc) is 3.04. The zero-order valence-electron chi connectivity index (χ0n) is 12.0. The molecule has 0 atom stereocenters. The molecule has 7 heteroatoms. The van der Waals surface area contributed by atoms with Gasteiger partial charge in [-0.1, -0.05) is 6.07 Å². The van der Waals surface area contributed by atoms with Crippen molar-refractivity contribution in [3.8, 4) is 0 Å². The van der Waals surface area contributed by atoms with Crippen molar-refractivity contribution in [1.29, 1.82) is 0 Å². The molecule has 5 nitrogen and oxygen atoms in total. The Labute approximate surface area is 130 Å². The largest absolute Gasteiger partial charge is 0.381 e. The summed E-state index contributed by atoms with van der Waals surface area (Å²) in [5.41, 5.74) is 0. The molecule has 2 aliphatic rings. The van der Waals surface area contributed by atoms with Crippen molar-refractivity contribution in [3.63, 3.8) is 0 Å². The first-order chi connectivity index (χ1) is 10.1. The lowest BCUT2D eigenvalue weighted by Crippen LogP contribution is -2.49. The second-order valence-corrected chi connectivity index (χ2v) is 8.60. The van der Waals surface area contributed by atoms with E-state index in [1.165, 1.54) is 11.3 Å². The lowest BCUT2D eigenvalue weighted by molar-refractivity contribution is 0.0248. The maximum atomic E-state index is 12.2. The Kier molecular flexibility index (Phi) is 4.96. The zero-order valence-corrected chi connectivity index (χ0v) is 13.7. The second kappa shape index (κ2) is 6.75. The van der Waals surface area contributed by atoms with E-state index in [1.807, 2.05) is 0 Å². The number of piperidine rings is 1. The minimum atomic E-state index is -3.33. The molecule has 0 amide bonds. The van der Waals surface area contributed by atoms with Crippen LogP contribution in [0.4, 0.5) is 0 Å². The normalized spacial score (nSPS) is 23.4. The van der Waals surface area contributed by atoms with Gasteiger partial charge >= 0.3 is 0 Å². The van der Waals surface area contributed by atoms with Crippen LogP contribution in [0, 0.1) is 0 Å². The van der Waals surface area contributed by atoms with Crippen LogP contribution >= 0.6 is 11.3 Å². The maximum absolute atomic E-state index is 12.2. The van der Waals surface area contributed by atoms with Crippen molar-refractivity contribution >= 4 is 21.4 Å². The summed E-state index contributed by atoms with van der Waals surface area (Å²) in [5.74, 6) is 0. The Balaban J connectivity index is 1.52. The van der Waals surface area contributed by atoms with Crippen molar-refractivity contribution < 1.29 is 13.2 Å². The van der Waals surface area contributed by atoms with Gasteiger partial charge in [0, 0.05) is 25.3 Å². The summed E-state index contributed by atoms with van der Waals surface area (Å²) in [5, 5.41) is 1.79. The molecule has 0 saturated carbocycles. The SMILES string of the molecule is O=S(=O)(NC1CCN(C2CCOCC2)CC1)c1cccs1. The van der Waals surface area contributed by atoms with Crippen molar-refractivity contribution in [1.82, 2.24) is 9.62 Å². The smallest absolute Gasteiger partial charge is 0.250 e. The second-order valence-electron chi connectivity index (χ2n) is 5.71. The van der Waals surface area contributed by atoms with Gasteiger partial charge in [-0.3, -0.25) is 0 Å². The first-order valence-electron chi connectivity index (χ1n) is 7.53. The van der Waals surface area contributed by atoms with Crippen LogP contribution in [0.25, 0.3) is 0 Å². The van der Waals surface area contributed by atoms with E-state index in [0.29, 0.717) is 10.3 Å². The summed E-state index contributed by atoms with van der Waals surface area (Å²) < 4.78 is 33.1. The molecule has 0 aromatic carbocycles. The zero-order chi connectivity index (χ0) is 14.7. The molecule has 0 aliphatic carbocycles. The van der Waals surface area contributed by atoms with E-state index >= 15 is 0 Å². The predicted molar refractivity (Wildman–Crippen MR) is 83.1 cm³/mol. The summed E-state index contributed by atoms with van der Waals surface area (Å²) in [7, 11) is -3.33. The summed E-state index contributed by atoms with van der Waals surface area (Å²) in [6, 6.07) is 4.11. The summed E-state index contributed by atoms with van der Waals surface area (Å²) >= 11 is 1.27. The van der Waals surface area contributed by atoms with Gasteiger partial charge in [0.05, 0.1) is 0 Å². The number of nitrogens with one attached hydrogen (secondary N) is 1. The van der Waals surface area contributed by atoms with Gasteiger partial charge in [0.1, 0.15) is 4.21 Å². The molecule has 0 bridgehead atoms. The topological polar surface area (TPSA) is 58.6 Å². The van der Waals surface area contributed by atoms with Gasteiger partial charge < -0.3 is 9.64 Å². The highest BCUT2D eigenvalue weighted by molar-refractivity contribution is 7.91. The third-order valence-electron chi connectivity index (χ3n) is 4.32. The minimum Gasteiger partial charge on any atom is -0.381 e. The molecule has 1 N–H and O–H groups in total. The van der Waals surface area contributed by atoms with Crippen LogP contribution in [-0.2, 0) is 14.8 Å². The van der Waals surface area contributed by atoms with Gasteiger partial charge in [0.25, 0.3) is 0 Å². The van der Waals surface area contributed by atoms with Crippen LogP contribution in [-0.4, -0.2) is 51.7 Å². The van der Waals surface area contributed by atoms with Crippen LogP contribution in [0.15, 0.2) is 21.7 Å². The van der Waals surface area contributed by atoms with E-state index in [0.717, 1.165) is 52.0 Å². The fraction of sp³-hybridized carbons (Fsp3) is 0.714. The number of hydrogen-bond donors (Lipinski definition) is 1. The Hall–Kier alpha value is -0.470. The molecular formula is C14H22N2O3S2. The third kappa shape index (κ3) is 3.84. The molecule has 1 aromatic rings. The lowest BCUT2D eigenvalue weighted by atomic mass is 10.0. The van der Waals surface area contributed by atoms with Crippen LogP contribution in [0.3, 0.4) is 0 Å². The minimum absolute atomic E-state index is 0.0631. The van der Waals surface area contributed by atoms with E-state index in [2.05, 4.69) is 9.62 Å². The summed E-state index contributed by atoms with van der Waals surface area (Å²) in [6.45, 7) is 3.66. The third-order valence-corrected chi connectivity index (χ3v) is 7.24. The fourth-order valence-corrected chi connectivity index (χ4v) is 5.44. The van der Waals surface area contributed by atoms with Crippen LogP contribution in [0.1, 0.15) is 25.7 Å². The van der Waals surface area contributed by atoms with Crippen molar-refractivity contribution in [2.45, 2.75) is 42.0 Å². The molecule has 3 rings (SSSR count). The number of ether oxygens (including phenoxy) is 1. The van der Waals surface area contributed by atoms with Gasteiger partial charge in [-0.25, -0.2) is 13.1 Å². The van der Waals surface area contributed by atoms with Crippen molar-refractivity contribution in [2.75, 3.05) is 26.3 Å². The number of thiophene rings is 1. The summed E-state index contributed by atoms with van der Waals surface area (Å²) in [4.78, 5) is 2.50. The maximum Gasteiger partial charge on any atom is 0.250 e. The number of sulfonamides is 1. The Morgan fingerprint density at radius 1 is 1.19 bits per heavy atom. The van der Waals surface area contributed by atoms with Gasteiger partial charge in [-0.2, -0.15) is 0 Å². The van der Waals surface area contributed by atoms with Crippen LogP contribution < -0.4 is 4.72 Å². The molecule has 0 radical (unpaired) electrons. The number of rotatable bonds is 4. The van der Waals surface area contributed by atoms with Gasteiger partial charge in [0.15, 0.2) is 0 Å². The molecule has 1 aromatic heterocycles. The first kappa shape index (κ1) is 15.4. The molecule has 3 heterocycles. The Morgan fingerprint density at radius 3 is 2.52 bits per heavy atom. The Bertz CT molecular complexity index is 531. The number of likely N-dealkylation sites (tertiary alicyclic amines) is 1. The average molecular weight is 330 g/mol. The molecule has 0 unspecified atom stereocenters. The number of hydrogen-bond acceptors (Lipinski definition) is 5. The highest BCUT2D eigenvalue weighted by atomic mass is 32.2. The van der Waals surface area contributed by atoms with E-state index in [9.17, 15) is 8.42 Å². The molecular weight excluding hydrogens is 308 g/mol. The van der Waals surface area contributed by atoms with Gasteiger partial charge in [0.2, 0.25) is 10.0 Å².